The van der Waals surface area contributed by atoms with Gasteiger partial charge in [0, 0.05) is 12.6 Å². The summed E-state index contributed by atoms with van der Waals surface area (Å²) in [4.78, 5) is 25.1. The molecule has 2 amide bonds. The molecule has 4 heteroatoms. The summed E-state index contributed by atoms with van der Waals surface area (Å²) >= 11 is 0. The number of imide groups is 1. The van der Waals surface area contributed by atoms with Crippen molar-refractivity contribution in [3.05, 3.63) is 28.8 Å². The lowest BCUT2D eigenvalue weighted by atomic mass is 10.0. The fourth-order valence-corrected chi connectivity index (χ4v) is 3.75. The van der Waals surface area contributed by atoms with Gasteiger partial charge in [0.15, 0.2) is 0 Å². The van der Waals surface area contributed by atoms with E-state index < -0.39 is 8.07 Å². The molecule has 1 aliphatic heterocycles. The zero-order valence-corrected chi connectivity index (χ0v) is 12.0. The first-order chi connectivity index (χ1) is 8.29. The van der Waals surface area contributed by atoms with Crippen molar-refractivity contribution in [1.29, 1.82) is 0 Å². The summed E-state index contributed by atoms with van der Waals surface area (Å²) in [6, 6.07) is 3.64. The lowest BCUT2D eigenvalue weighted by Gasteiger charge is -2.19. The Morgan fingerprint density at radius 2 is 1.78 bits per heavy atom. The number of hydrogen-bond acceptors (Lipinski definition) is 2. The van der Waals surface area contributed by atoms with Gasteiger partial charge in [0.25, 0.3) is 11.8 Å². The predicted octanol–water partition coefficient (Wildman–Crippen LogP) is 1.44. The van der Waals surface area contributed by atoms with Gasteiger partial charge < -0.3 is 0 Å². The highest BCUT2D eigenvalue weighted by atomic mass is 28.3. The number of nitrogens with zero attached hydrogens (tertiary/aromatic N) is 1. The Kier molecular flexibility index (Phi) is 2.67. The smallest absolute Gasteiger partial charge is 0.262 e. The highest BCUT2D eigenvalue weighted by Gasteiger charge is 2.37. The lowest BCUT2D eigenvalue weighted by molar-refractivity contribution is 0.0693. The molecule has 0 spiro atoms. The average molecular weight is 257 g/mol. The van der Waals surface area contributed by atoms with Gasteiger partial charge in [0.05, 0.1) is 19.2 Å². The molecule has 0 fully saturated rings. The van der Waals surface area contributed by atoms with Crippen LogP contribution in [0.2, 0.25) is 19.6 Å². The van der Waals surface area contributed by atoms with Gasteiger partial charge in [-0.3, -0.25) is 14.5 Å². The van der Waals surface area contributed by atoms with E-state index in [0.717, 1.165) is 10.1 Å². The Morgan fingerprint density at radius 3 is 2.28 bits per heavy atom. The van der Waals surface area contributed by atoms with Crippen LogP contribution in [0, 0.1) is 12.3 Å². The van der Waals surface area contributed by atoms with Crippen LogP contribution in [0.25, 0.3) is 0 Å². The van der Waals surface area contributed by atoms with Crippen LogP contribution in [-0.2, 0) is 0 Å². The van der Waals surface area contributed by atoms with Gasteiger partial charge in [-0.25, -0.2) is 0 Å². The summed E-state index contributed by atoms with van der Waals surface area (Å²) in [7, 11) is -0.155. The summed E-state index contributed by atoms with van der Waals surface area (Å²) in [5.41, 5.74) is 1.44. The zero-order chi connectivity index (χ0) is 13.7. The molecule has 0 bridgehead atoms. The molecule has 0 atom stereocenters. The molecule has 18 heavy (non-hydrogen) atoms. The number of carbonyl (C=O) groups is 2. The Bertz CT molecular complexity index is 605. The number of fused-ring (bicyclic) bond motifs is 1. The van der Waals surface area contributed by atoms with E-state index in [2.05, 4.69) is 25.6 Å². The predicted molar refractivity (Wildman–Crippen MR) is 73.8 cm³/mol. The van der Waals surface area contributed by atoms with Crippen molar-refractivity contribution in [3.8, 4) is 12.3 Å². The van der Waals surface area contributed by atoms with Gasteiger partial charge in [-0.2, -0.15) is 0 Å². The van der Waals surface area contributed by atoms with Crippen LogP contribution in [0.5, 0.6) is 0 Å². The third-order valence-electron chi connectivity index (χ3n) is 3.21. The minimum atomic E-state index is -1.64. The minimum Gasteiger partial charge on any atom is -0.277 e. The van der Waals surface area contributed by atoms with Crippen LogP contribution < -0.4 is 5.19 Å². The molecule has 3 nitrogen and oxygen atoms in total. The first-order valence-electron chi connectivity index (χ1n) is 5.75. The van der Waals surface area contributed by atoms with Crippen molar-refractivity contribution in [3.63, 3.8) is 0 Å². The maximum absolute atomic E-state index is 12.1. The van der Waals surface area contributed by atoms with E-state index in [4.69, 9.17) is 6.42 Å². The van der Waals surface area contributed by atoms with E-state index in [0.29, 0.717) is 16.7 Å². The molecule has 1 aliphatic rings. The van der Waals surface area contributed by atoms with Crippen molar-refractivity contribution >= 4 is 25.1 Å². The zero-order valence-electron chi connectivity index (χ0n) is 11.0. The van der Waals surface area contributed by atoms with Crippen LogP contribution in [0.3, 0.4) is 0 Å². The average Bonchev–Trinajstić information content (AvgIpc) is 2.52. The van der Waals surface area contributed by atoms with Gasteiger partial charge in [-0.1, -0.05) is 31.6 Å². The molecule has 0 saturated heterocycles. The fraction of sp³-hybridized carbons (Fsp3) is 0.286. The van der Waals surface area contributed by atoms with Crippen LogP contribution in [0.4, 0.5) is 0 Å². The highest BCUT2D eigenvalue weighted by Crippen LogP contribution is 2.25. The van der Waals surface area contributed by atoms with Gasteiger partial charge in [-0.15, -0.1) is 6.42 Å². The second kappa shape index (κ2) is 3.82. The molecule has 1 aromatic carbocycles. The quantitative estimate of drug-likeness (QED) is 0.434. The monoisotopic (exact) mass is 257 g/mol. The normalized spacial score (nSPS) is 14.7. The summed E-state index contributed by atoms with van der Waals surface area (Å²) in [6.07, 6.45) is 5.56. The molecule has 1 heterocycles. The van der Waals surface area contributed by atoms with E-state index >= 15 is 0 Å². The van der Waals surface area contributed by atoms with Crippen LogP contribution in [0.15, 0.2) is 12.1 Å². The number of amides is 2. The van der Waals surface area contributed by atoms with Crippen LogP contribution >= 0.6 is 0 Å². The van der Waals surface area contributed by atoms with Gasteiger partial charge in [0.1, 0.15) is 0 Å². The first kappa shape index (κ1) is 12.6. The molecule has 92 valence electrons. The Balaban J connectivity index is 2.81. The maximum atomic E-state index is 12.1. The minimum absolute atomic E-state index is 0.270. The molecule has 0 unspecified atom stereocenters. The standard InChI is InChI=1S/C14H15NO2Si/c1-6-9-11(18(3,4)5)8-7-10-12(9)14(17)15(2)13(10)16/h1,7-8H,2-5H3. The third-order valence-corrected chi connectivity index (χ3v) is 5.24. The van der Waals surface area contributed by atoms with E-state index in [9.17, 15) is 9.59 Å². The Labute approximate surface area is 108 Å². The molecule has 0 radical (unpaired) electrons. The van der Waals surface area contributed by atoms with Crippen molar-refractivity contribution in [1.82, 2.24) is 4.90 Å². The topological polar surface area (TPSA) is 37.4 Å². The third kappa shape index (κ3) is 1.59. The van der Waals surface area contributed by atoms with Gasteiger partial charge >= 0.3 is 0 Å². The first-order valence-corrected chi connectivity index (χ1v) is 9.25. The number of benzene rings is 1. The Hall–Kier alpha value is -1.86. The fourth-order valence-electron chi connectivity index (χ4n) is 2.22. The van der Waals surface area contributed by atoms with Crippen LogP contribution in [-0.4, -0.2) is 31.8 Å². The van der Waals surface area contributed by atoms with E-state index in [1.807, 2.05) is 6.07 Å². The van der Waals surface area contributed by atoms with Gasteiger partial charge in [-0.05, 0) is 11.3 Å². The lowest BCUT2D eigenvalue weighted by Crippen LogP contribution is -2.40. The second-order valence-electron chi connectivity index (χ2n) is 5.47. The van der Waals surface area contributed by atoms with Crippen molar-refractivity contribution in [2.45, 2.75) is 19.6 Å². The SMILES string of the molecule is C#Cc1c([Si](C)(C)C)ccc2c1C(=O)N(C)C2=O. The van der Waals surface area contributed by atoms with Crippen molar-refractivity contribution < 1.29 is 9.59 Å². The number of carbonyl (C=O) groups excluding carboxylic acids is 2. The Morgan fingerprint density at radius 1 is 1.17 bits per heavy atom. The summed E-state index contributed by atoms with van der Waals surface area (Å²) < 4.78 is 0. The van der Waals surface area contributed by atoms with Gasteiger partial charge in [0.2, 0.25) is 0 Å². The summed E-state index contributed by atoms with van der Waals surface area (Å²) in [5.74, 6) is 2.05. The molecular weight excluding hydrogens is 242 g/mol. The van der Waals surface area contributed by atoms with Crippen molar-refractivity contribution in [2.75, 3.05) is 7.05 Å². The highest BCUT2D eigenvalue weighted by molar-refractivity contribution is 6.89. The number of hydrogen-bond donors (Lipinski definition) is 0. The van der Waals surface area contributed by atoms with E-state index in [1.54, 1.807) is 6.07 Å². The van der Waals surface area contributed by atoms with E-state index in [1.165, 1.54) is 7.05 Å². The molecular formula is C14H15NO2Si. The largest absolute Gasteiger partial charge is 0.277 e. The number of terminal acetylenes is 1. The van der Waals surface area contributed by atoms with E-state index in [-0.39, 0.29) is 11.8 Å². The number of rotatable bonds is 1. The molecule has 1 aromatic rings. The second-order valence-corrected chi connectivity index (χ2v) is 10.5. The van der Waals surface area contributed by atoms with Crippen molar-refractivity contribution in [2.24, 2.45) is 0 Å². The molecule has 0 N–H and O–H groups in total. The summed E-state index contributed by atoms with van der Waals surface area (Å²) in [5, 5.41) is 1.06. The molecule has 0 aliphatic carbocycles. The molecule has 2 rings (SSSR count). The molecule has 0 saturated carbocycles. The maximum Gasteiger partial charge on any atom is 0.262 e. The summed E-state index contributed by atoms with van der Waals surface area (Å²) in [6.45, 7) is 6.50. The van der Waals surface area contributed by atoms with Crippen LogP contribution in [0.1, 0.15) is 26.3 Å². The molecule has 0 aromatic heterocycles.